The van der Waals surface area contributed by atoms with Crippen molar-refractivity contribution in [1.82, 2.24) is 5.32 Å². The third-order valence-electron chi connectivity index (χ3n) is 6.54. The maximum atomic E-state index is 11.5. The summed E-state index contributed by atoms with van der Waals surface area (Å²) < 4.78 is 0. The molecule has 1 aliphatic heterocycles. The molecule has 2 aromatic rings. The molecule has 4 rings (SSSR count). The first kappa shape index (κ1) is 20.2. The van der Waals surface area contributed by atoms with E-state index in [0.717, 1.165) is 50.0 Å². The molecule has 29 heavy (non-hydrogen) atoms. The highest BCUT2D eigenvalue weighted by Gasteiger charge is 2.29. The Hall–Kier alpha value is -2.13. The Morgan fingerprint density at radius 1 is 0.862 bits per heavy atom. The number of amidine groups is 1. The van der Waals surface area contributed by atoms with Crippen molar-refractivity contribution in [1.29, 1.82) is 0 Å². The van der Waals surface area contributed by atoms with Crippen LogP contribution in [0.2, 0.25) is 0 Å². The predicted octanol–water partition coefficient (Wildman–Crippen LogP) is 5.74. The van der Waals surface area contributed by atoms with Gasteiger partial charge in [-0.15, -0.1) is 0 Å². The fourth-order valence-corrected chi connectivity index (χ4v) is 4.70. The topological polar surface area (TPSA) is 44.6 Å². The van der Waals surface area contributed by atoms with Crippen LogP contribution in [0.25, 0.3) is 11.1 Å². The number of fused-ring (bicyclic) bond motifs is 3. The first-order chi connectivity index (χ1) is 14.2. The quantitative estimate of drug-likeness (QED) is 0.656. The van der Waals surface area contributed by atoms with E-state index in [0.29, 0.717) is 6.42 Å². The largest absolute Gasteiger partial charge is 0.367 e. The Morgan fingerprint density at radius 2 is 1.59 bits per heavy atom. The van der Waals surface area contributed by atoms with Crippen LogP contribution in [0.15, 0.2) is 47.5 Å². The van der Waals surface area contributed by atoms with Gasteiger partial charge in [-0.3, -0.25) is 4.99 Å². The third kappa shape index (κ3) is 4.56. The molecule has 0 fully saturated rings. The van der Waals surface area contributed by atoms with E-state index in [-0.39, 0.29) is 0 Å². The Kier molecular flexibility index (Phi) is 6.34. The van der Waals surface area contributed by atoms with E-state index in [1.807, 2.05) is 6.92 Å². The van der Waals surface area contributed by atoms with Crippen LogP contribution in [0.1, 0.15) is 75.0 Å². The number of nitrogens with zero attached hydrogens (tertiary/aromatic N) is 1. The van der Waals surface area contributed by atoms with Crippen molar-refractivity contribution in [3.63, 3.8) is 0 Å². The van der Waals surface area contributed by atoms with E-state index in [1.54, 1.807) is 0 Å². The van der Waals surface area contributed by atoms with Crippen LogP contribution in [0.4, 0.5) is 0 Å². The van der Waals surface area contributed by atoms with Gasteiger partial charge in [0.25, 0.3) is 0 Å². The van der Waals surface area contributed by atoms with Crippen LogP contribution in [-0.2, 0) is 18.6 Å². The molecular weight excluding hydrogens is 356 g/mol. The first-order valence-corrected chi connectivity index (χ1v) is 11.5. The summed E-state index contributed by atoms with van der Waals surface area (Å²) in [5, 5.41) is 15.0. The molecule has 154 valence electrons. The molecule has 1 aliphatic carbocycles. The van der Waals surface area contributed by atoms with Gasteiger partial charge in [0.2, 0.25) is 0 Å². The molecule has 0 amide bonds. The van der Waals surface area contributed by atoms with Crippen molar-refractivity contribution in [3.8, 4) is 11.1 Å². The fourth-order valence-electron chi connectivity index (χ4n) is 4.70. The Balaban J connectivity index is 1.59. The molecule has 0 radical (unpaired) electrons. The molecule has 1 heterocycles. The fraction of sp³-hybridized carbons (Fsp3) is 0.500. The van der Waals surface area contributed by atoms with E-state index >= 15 is 0 Å². The van der Waals surface area contributed by atoms with Crippen molar-refractivity contribution in [2.75, 3.05) is 6.54 Å². The highest BCUT2D eigenvalue weighted by molar-refractivity contribution is 5.83. The van der Waals surface area contributed by atoms with Crippen LogP contribution in [-0.4, -0.2) is 17.5 Å². The monoisotopic (exact) mass is 390 g/mol. The van der Waals surface area contributed by atoms with Crippen LogP contribution < -0.4 is 5.32 Å². The van der Waals surface area contributed by atoms with Gasteiger partial charge in [0, 0.05) is 18.5 Å². The normalized spacial score (nSPS) is 19.3. The second-order valence-corrected chi connectivity index (χ2v) is 8.57. The average molecular weight is 391 g/mol. The van der Waals surface area contributed by atoms with Gasteiger partial charge in [0.05, 0.1) is 5.84 Å². The van der Waals surface area contributed by atoms with Crippen molar-refractivity contribution in [2.45, 2.75) is 76.9 Å². The molecule has 0 saturated carbocycles. The lowest BCUT2D eigenvalue weighted by Crippen LogP contribution is -2.45. The lowest BCUT2D eigenvalue weighted by atomic mass is 9.83. The number of aliphatic imine (C=N–C) groups is 1. The van der Waals surface area contributed by atoms with Gasteiger partial charge in [-0.25, -0.2) is 0 Å². The molecule has 3 heteroatoms. The van der Waals surface area contributed by atoms with Crippen LogP contribution >= 0.6 is 0 Å². The van der Waals surface area contributed by atoms with Gasteiger partial charge in [0.15, 0.2) is 5.72 Å². The minimum atomic E-state index is -1.06. The number of hydrogen-bond acceptors (Lipinski definition) is 3. The maximum Gasteiger partial charge on any atom is 0.162 e. The summed E-state index contributed by atoms with van der Waals surface area (Å²) in [5.74, 6) is 0.972. The van der Waals surface area contributed by atoms with Gasteiger partial charge in [-0.1, -0.05) is 75.1 Å². The summed E-state index contributed by atoms with van der Waals surface area (Å²) in [6.45, 7) is 2.91. The van der Waals surface area contributed by atoms with Gasteiger partial charge >= 0.3 is 0 Å². The van der Waals surface area contributed by atoms with Gasteiger partial charge < -0.3 is 10.4 Å². The number of hydrogen-bond donors (Lipinski definition) is 2. The summed E-state index contributed by atoms with van der Waals surface area (Å²) in [6, 6.07) is 15.2. The number of aliphatic hydroxyl groups is 1. The summed E-state index contributed by atoms with van der Waals surface area (Å²) in [7, 11) is 0. The Morgan fingerprint density at radius 3 is 2.45 bits per heavy atom. The highest BCUT2D eigenvalue weighted by atomic mass is 16.3. The number of aryl methyl sites for hydroxylation is 2. The molecular formula is C26H34N2O. The molecule has 0 saturated heterocycles. The molecule has 0 spiro atoms. The summed E-state index contributed by atoms with van der Waals surface area (Å²) in [5.41, 5.74) is 5.30. The number of nitrogens with one attached hydrogen (secondary N) is 1. The molecule has 2 N–H and O–H groups in total. The molecule has 1 unspecified atom stereocenters. The second-order valence-electron chi connectivity index (χ2n) is 8.57. The average Bonchev–Trinajstić information content (AvgIpc) is 2.77. The van der Waals surface area contributed by atoms with Crippen molar-refractivity contribution in [3.05, 3.63) is 59.2 Å². The first-order valence-electron chi connectivity index (χ1n) is 11.5. The van der Waals surface area contributed by atoms with Crippen LogP contribution in [0.5, 0.6) is 0 Å². The Bertz CT molecular complexity index is 873. The van der Waals surface area contributed by atoms with E-state index in [9.17, 15) is 5.11 Å². The molecule has 0 bridgehead atoms. The van der Waals surface area contributed by atoms with Crippen molar-refractivity contribution >= 4 is 5.84 Å². The molecule has 2 aliphatic rings. The maximum absolute atomic E-state index is 11.5. The summed E-state index contributed by atoms with van der Waals surface area (Å²) in [6.07, 6.45) is 11.1. The number of rotatable bonds is 3. The van der Waals surface area contributed by atoms with Crippen molar-refractivity contribution in [2.24, 2.45) is 4.99 Å². The van der Waals surface area contributed by atoms with E-state index in [1.165, 1.54) is 47.9 Å². The smallest absolute Gasteiger partial charge is 0.162 e. The van der Waals surface area contributed by atoms with Crippen LogP contribution in [0, 0.1) is 0 Å². The molecule has 0 aromatic heterocycles. The van der Waals surface area contributed by atoms with E-state index < -0.39 is 5.72 Å². The predicted molar refractivity (Wildman–Crippen MR) is 121 cm³/mol. The van der Waals surface area contributed by atoms with Gasteiger partial charge in [-0.2, -0.15) is 0 Å². The molecule has 3 nitrogen and oxygen atoms in total. The SMILES string of the molecule is CCC(O)(NC1=NCCCCCCCC1)c1ccc2c(c1)CCc1ccccc1-2. The van der Waals surface area contributed by atoms with Gasteiger partial charge in [0.1, 0.15) is 0 Å². The third-order valence-corrected chi connectivity index (χ3v) is 6.54. The summed E-state index contributed by atoms with van der Waals surface area (Å²) in [4.78, 5) is 4.81. The zero-order valence-corrected chi connectivity index (χ0v) is 17.7. The van der Waals surface area contributed by atoms with Crippen molar-refractivity contribution < 1.29 is 5.11 Å². The minimum absolute atomic E-state index is 0.612. The standard InChI is InChI=1S/C26H34N2O/c1-2-26(29,28-25-13-7-5-3-4-6-10-18-27-25)22-16-17-24-21(19-22)15-14-20-11-8-9-12-23(20)24/h8-9,11-12,16-17,19,29H,2-7,10,13-15,18H2,1H3,(H,27,28). The van der Waals surface area contributed by atoms with E-state index in [4.69, 9.17) is 4.99 Å². The lowest BCUT2D eigenvalue weighted by Gasteiger charge is -2.32. The Labute approximate surface area is 175 Å². The van der Waals surface area contributed by atoms with E-state index in [2.05, 4.69) is 47.8 Å². The van der Waals surface area contributed by atoms with Crippen LogP contribution in [0.3, 0.4) is 0 Å². The zero-order valence-electron chi connectivity index (χ0n) is 17.7. The molecule has 2 aromatic carbocycles. The summed E-state index contributed by atoms with van der Waals surface area (Å²) >= 11 is 0. The molecule has 1 atom stereocenters. The highest BCUT2D eigenvalue weighted by Crippen LogP contribution is 2.36. The minimum Gasteiger partial charge on any atom is -0.367 e. The lowest BCUT2D eigenvalue weighted by molar-refractivity contribution is 0.0157. The zero-order chi connectivity index (χ0) is 20.1. The second kappa shape index (κ2) is 9.13. The van der Waals surface area contributed by atoms with Gasteiger partial charge in [-0.05, 0) is 54.4 Å². The number of benzene rings is 2.